The van der Waals surface area contributed by atoms with Gasteiger partial charge in [-0.3, -0.25) is 0 Å². The molecule has 98 valence electrons. The minimum Gasteiger partial charge on any atom is -0.467 e. The molecule has 2 N–H and O–H groups in total. The second-order valence-corrected chi connectivity index (χ2v) is 5.28. The van der Waals surface area contributed by atoms with Crippen LogP contribution in [0.15, 0.2) is 24.3 Å². The summed E-state index contributed by atoms with van der Waals surface area (Å²) >= 11 is 2.16. The number of carbonyl (C=O) groups excluding carboxylic acids is 1. The first-order chi connectivity index (χ1) is 8.54. The molecule has 5 nitrogen and oxygen atoms in total. The number of rotatable bonds is 2. The lowest BCUT2D eigenvalue weighted by atomic mass is 10.0. The average molecular weight is 364 g/mol. The van der Waals surface area contributed by atoms with Crippen molar-refractivity contribution in [1.29, 1.82) is 0 Å². The van der Waals surface area contributed by atoms with Gasteiger partial charge in [0, 0.05) is 3.57 Å². The Balaban J connectivity index is 2.20. The first kappa shape index (κ1) is 13.7. The Bertz CT molecular complexity index is 433. The van der Waals surface area contributed by atoms with Crippen LogP contribution in [-0.4, -0.2) is 41.6 Å². The molecule has 18 heavy (non-hydrogen) atoms. The number of ether oxygens (including phenoxy) is 2. The highest BCUT2D eigenvalue weighted by molar-refractivity contribution is 14.1. The number of aliphatic hydroxyl groups is 2. The molecule has 0 amide bonds. The summed E-state index contributed by atoms with van der Waals surface area (Å²) in [6.45, 7) is 0. The Morgan fingerprint density at radius 3 is 2.44 bits per heavy atom. The van der Waals surface area contributed by atoms with E-state index < -0.39 is 30.4 Å². The van der Waals surface area contributed by atoms with Crippen LogP contribution < -0.4 is 0 Å². The number of aliphatic hydroxyl groups excluding tert-OH is 2. The van der Waals surface area contributed by atoms with Gasteiger partial charge in [-0.25, -0.2) is 4.79 Å². The van der Waals surface area contributed by atoms with Gasteiger partial charge in [-0.1, -0.05) is 12.1 Å². The third kappa shape index (κ3) is 2.51. The van der Waals surface area contributed by atoms with Crippen LogP contribution in [0.3, 0.4) is 0 Å². The second kappa shape index (κ2) is 5.52. The van der Waals surface area contributed by atoms with E-state index >= 15 is 0 Å². The van der Waals surface area contributed by atoms with Gasteiger partial charge in [0.25, 0.3) is 0 Å². The van der Waals surface area contributed by atoms with E-state index in [1.807, 2.05) is 12.1 Å². The van der Waals surface area contributed by atoms with Crippen molar-refractivity contribution in [1.82, 2.24) is 0 Å². The van der Waals surface area contributed by atoms with Gasteiger partial charge in [0.05, 0.1) is 7.11 Å². The van der Waals surface area contributed by atoms with Crippen LogP contribution in [0.25, 0.3) is 0 Å². The predicted molar refractivity (Wildman–Crippen MR) is 70.8 cm³/mol. The van der Waals surface area contributed by atoms with Crippen LogP contribution in [0.5, 0.6) is 0 Å². The first-order valence-electron chi connectivity index (χ1n) is 5.39. The number of benzene rings is 1. The molecule has 1 fully saturated rings. The highest BCUT2D eigenvalue weighted by Gasteiger charge is 2.47. The van der Waals surface area contributed by atoms with E-state index in [1.54, 1.807) is 12.1 Å². The highest BCUT2D eigenvalue weighted by Crippen LogP contribution is 2.34. The summed E-state index contributed by atoms with van der Waals surface area (Å²) in [6.07, 6.45) is -4.29. The monoisotopic (exact) mass is 364 g/mol. The molecule has 0 spiro atoms. The molecule has 1 aromatic rings. The molecule has 0 radical (unpaired) electrons. The lowest BCUT2D eigenvalue weighted by Crippen LogP contribution is -2.36. The SMILES string of the molecule is COC(=O)[C@H]1O[C@@H](c2ccc(I)cc2)[C@@H](O)[C@H]1O. The average Bonchev–Trinajstić information content (AvgIpc) is 2.67. The smallest absolute Gasteiger partial charge is 0.337 e. The molecule has 0 unspecified atom stereocenters. The molecule has 6 heteroatoms. The van der Waals surface area contributed by atoms with Gasteiger partial charge < -0.3 is 19.7 Å². The number of methoxy groups -OCH3 is 1. The second-order valence-electron chi connectivity index (χ2n) is 4.03. The standard InChI is InChI=1S/C12H13IO5/c1-17-12(16)11-9(15)8(14)10(18-11)6-2-4-7(13)5-3-6/h2-5,8-11,14-15H,1H3/t8-,9+,10-,11-/m0/s1. The third-order valence-corrected chi connectivity index (χ3v) is 3.61. The lowest BCUT2D eigenvalue weighted by molar-refractivity contribution is -0.157. The van der Waals surface area contributed by atoms with Crippen molar-refractivity contribution in [3.05, 3.63) is 33.4 Å². The van der Waals surface area contributed by atoms with Crippen molar-refractivity contribution in [3.8, 4) is 0 Å². The zero-order valence-electron chi connectivity index (χ0n) is 9.62. The van der Waals surface area contributed by atoms with E-state index in [9.17, 15) is 15.0 Å². The zero-order valence-corrected chi connectivity index (χ0v) is 11.8. The quantitative estimate of drug-likeness (QED) is 0.595. The summed E-state index contributed by atoms with van der Waals surface area (Å²) < 4.78 is 11.0. The Morgan fingerprint density at radius 1 is 1.28 bits per heavy atom. The van der Waals surface area contributed by atoms with Gasteiger partial charge in [-0.15, -0.1) is 0 Å². The molecule has 1 aromatic carbocycles. The molecular weight excluding hydrogens is 351 g/mol. The fourth-order valence-corrected chi connectivity index (χ4v) is 2.28. The molecule has 0 aromatic heterocycles. The Labute approximate surface area is 118 Å². The van der Waals surface area contributed by atoms with E-state index in [2.05, 4.69) is 27.3 Å². The van der Waals surface area contributed by atoms with Crippen LogP contribution >= 0.6 is 22.6 Å². The van der Waals surface area contributed by atoms with Crippen molar-refractivity contribution in [2.45, 2.75) is 24.4 Å². The number of esters is 1. The maximum Gasteiger partial charge on any atom is 0.337 e. The minimum atomic E-state index is -1.28. The number of hydrogen-bond donors (Lipinski definition) is 2. The van der Waals surface area contributed by atoms with E-state index in [0.29, 0.717) is 5.56 Å². The van der Waals surface area contributed by atoms with Crippen LogP contribution in [-0.2, 0) is 14.3 Å². The molecule has 4 atom stereocenters. The summed E-state index contributed by atoms with van der Waals surface area (Å²) in [5.74, 6) is -0.686. The Kier molecular flexibility index (Phi) is 4.21. The molecule has 1 saturated heterocycles. The topological polar surface area (TPSA) is 76.0 Å². The van der Waals surface area contributed by atoms with Gasteiger partial charge in [-0.2, -0.15) is 0 Å². The summed E-state index contributed by atoms with van der Waals surface area (Å²) in [6, 6.07) is 7.32. The fraction of sp³-hybridized carbons (Fsp3) is 0.417. The largest absolute Gasteiger partial charge is 0.467 e. The van der Waals surface area contributed by atoms with Gasteiger partial charge in [0.15, 0.2) is 6.10 Å². The summed E-state index contributed by atoms with van der Waals surface area (Å²) in [7, 11) is 1.21. The highest BCUT2D eigenvalue weighted by atomic mass is 127. The van der Waals surface area contributed by atoms with Gasteiger partial charge in [0.1, 0.15) is 18.3 Å². The van der Waals surface area contributed by atoms with Gasteiger partial charge >= 0.3 is 5.97 Å². The van der Waals surface area contributed by atoms with Crippen LogP contribution in [0, 0.1) is 3.57 Å². The van der Waals surface area contributed by atoms with Gasteiger partial charge in [-0.05, 0) is 40.3 Å². The van der Waals surface area contributed by atoms with Crippen LogP contribution in [0.2, 0.25) is 0 Å². The first-order valence-corrected chi connectivity index (χ1v) is 6.47. The normalized spacial score (nSPS) is 31.3. The van der Waals surface area contributed by atoms with Gasteiger partial charge in [0.2, 0.25) is 0 Å². The maximum absolute atomic E-state index is 11.4. The minimum absolute atomic E-state index is 0.686. The number of carbonyl (C=O) groups is 1. The molecule has 0 aliphatic carbocycles. The zero-order chi connectivity index (χ0) is 13.3. The van der Waals surface area contributed by atoms with Crippen molar-refractivity contribution < 1.29 is 24.5 Å². The number of hydrogen-bond acceptors (Lipinski definition) is 5. The summed E-state index contributed by atoms with van der Waals surface area (Å²) in [5, 5.41) is 19.7. The van der Waals surface area contributed by atoms with Crippen molar-refractivity contribution >= 4 is 28.6 Å². The fourth-order valence-electron chi connectivity index (χ4n) is 1.92. The van der Waals surface area contributed by atoms with Crippen LogP contribution in [0.1, 0.15) is 11.7 Å². The molecular formula is C12H13IO5. The number of halogens is 1. The van der Waals surface area contributed by atoms with Crippen molar-refractivity contribution in [3.63, 3.8) is 0 Å². The third-order valence-electron chi connectivity index (χ3n) is 2.90. The molecule has 1 aliphatic rings. The predicted octanol–water partition coefficient (Wildman–Crippen LogP) is 0.626. The van der Waals surface area contributed by atoms with E-state index in [4.69, 9.17) is 4.74 Å². The van der Waals surface area contributed by atoms with Crippen molar-refractivity contribution in [2.24, 2.45) is 0 Å². The molecule has 0 saturated carbocycles. The maximum atomic E-state index is 11.4. The van der Waals surface area contributed by atoms with E-state index in [1.165, 1.54) is 7.11 Å². The Hall–Kier alpha value is -0.700. The van der Waals surface area contributed by atoms with E-state index in [-0.39, 0.29) is 0 Å². The van der Waals surface area contributed by atoms with Crippen molar-refractivity contribution in [2.75, 3.05) is 7.11 Å². The van der Waals surface area contributed by atoms with E-state index in [0.717, 1.165) is 3.57 Å². The molecule has 1 heterocycles. The molecule has 1 aliphatic heterocycles. The molecule has 0 bridgehead atoms. The Morgan fingerprint density at radius 2 is 1.89 bits per heavy atom. The van der Waals surface area contributed by atoms with Crippen LogP contribution in [0.4, 0.5) is 0 Å². The summed E-state index contributed by atoms with van der Waals surface area (Å²) in [4.78, 5) is 11.4. The summed E-state index contributed by atoms with van der Waals surface area (Å²) in [5.41, 5.74) is 0.716. The molecule has 2 rings (SSSR count). The lowest BCUT2D eigenvalue weighted by Gasteiger charge is -2.14.